The standard InChI is InChI=1S/C24H19NO4/c1-15(2)16-7-9-17(10-8-16)24(28)29-19-13-11-18(12-14-19)25-22(26)20-5-3-4-6-21(20)23(25)27/h3-15H,1-2H3. The number of imide groups is 1. The molecule has 0 fully saturated rings. The zero-order valence-corrected chi connectivity index (χ0v) is 16.1. The van der Waals surface area contributed by atoms with Crippen LogP contribution in [0.4, 0.5) is 5.69 Å². The smallest absolute Gasteiger partial charge is 0.343 e. The molecule has 4 rings (SSSR count). The molecule has 5 nitrogen and oxygen atoms in total. The second-order valence-corrected chi connectivity index (χ2v) is 7.15. The number of hydrogen-bond donors (Lipinski definition) is 0. The van der Waals surface area contributed by atoms with Crippen molar-refractivity contribution < 1.29 is 19.1 Å². The lowest BCUT2D eigenvalue weighted by atomic mass is 10.0. The summed E-state index contributed by atoms with van der Waals surface area (Å²) in [6.45, 7) is 4.17. The van der Waals surface area contributed by atoms with E-state index in [1.165, 1.54) is 0 Å². The van der Waals surface area contributed by atoms with E-state index in [-0.39, 0.29) is 11.8 Å². The number of esters is 1. The van der Waals surface area contributed by atoms with Crippen molar-refractivity contribution in [2.75, 3.05) is 4.90 Å². The molecule has 3 aromatic carbocycles. The Kier molecular flexibility index (Phi) is 4.72. The van der Waals surface area contributed by atoms with Crippen LogP contribution in [0.2, 0.25) is 0 Å². The Morgan fingerprint density at radius 2 is 1.34 bits per heavy atom. The highest BCUT2D eigenvalue weighted by Gasteiger charge is 2.36. The third-order valence-electron chi connectivity index (χ3n) is 4.91. The molecule has 2 amide bonds. The van der Waals surface area contributed by atoms with E-state index >= 15 is 0 Å². The van der Waals surface area contributed by atoms with Crippen LogP contribution in [0.3, 0.4) is 0 Å². The molecule has 1 heterocycles. The first kappa shape index (κ1) is 18.6. The van der Waals surface area contributed by atoms with Gasteiger partial charge in [-0.3, -0.25) is 9.59 Å². The minimum atomic E-state index is -0.464. The van der Waals surface area contributed by atoms with Crippen molar-refractivity contribution in [2.24, 2.45) is 0 Å². The van der Waals surface area contributed by atoms with Crippen molar-refractivity contribution in [2.45, 2.75) is 19.8 Å². The second-order valence-electron chi connectivity index (χ2n) is 7.15. The molecular weight excluding hydrogens is 366 g/mol. The molecule has 0 spiro atoms. The number of carbonyl (C=O) groups excluding carboxylic acids is 3. The molecule has 0 radical (unpaired) electrons. The molecule has 0 unspecified atom stereocenters. The van der Waals surface area contributed by atoms with Gasteiger partial charge in [-0.25, -0.2) is 9.69 Å². The highest BCUT2D eigenvalue weighted by molar-refractivity contribution is 6.34. The fourth-order valence-corrected chi connectivity index (χ4v) is 3.26. The van der Waals surface area contributed by atoms with Crippen LogP contribution in [0.1, 0.15) is 56.4 Å². The number of anilines is 1. The molecule has 0 atom stereocenters. The van der Waals surface area contributed by atoms with E-state index in [0.29, 0.717) is 34.0 Å². The zero-order valence-electron chi connectivity index (χ0n) is 16.1. The molecule has 144 valence electrons. The molecule has 1 aliphatic heterocycles. The number of ether oxygens (including phenoxy) is 1. The summed E-state index contributed by atoms with van der Waals surface area (Å²) >= 11 is 0. The lowest BCUT2D eigenvalue weighted by molar-refractivity contribution is 0.0733. The first-order chi connectivity index (χ1) is 14.0. The quantitative estimate of drug-likeness (QED) is 0.367. The van der Waals surface area contributed by atoms with E-state index in [4.69, 9.17) is 4.74 Å². The molecule has 0 saturated carbocycles. The average molecular weight is 385 g/mol. The molecule has 3 aromatic rings. The van der Waals surface area contributed by atoms with E-state index in [1.54, 1.807) is 60.7 Å². The average Bonchev–Trinajstić information content (AvgIpc) is 2.99. The Hall–Kier alpha value is -3.73. The fourth-order valence-electron chi connectivity index (χ4n) is 3.26. The first-order valence-electron chi connectivity index (χ1n) is 9.35. The largest absolute Gasteiger partial charge is 0.423 e. The Bertz CT molecular complexity index is 1060. The van der Waals surface area contributed by atoms with Crippen LogP contribution in [0.15, 0.2) is 72.8 Å². The summed E-state index contributed by atoms with van der Waals surface area (Å²) in [4.78, 5) is 38.6. The van der Waals surface area contributed by atoms with Gasteiger partial charge in [0.1, 0.15) is 5.75 Å². The maximum Gasteiger partial charge on any atom is 0.343 e. The van der Waals surface area contributed by atoms with Crippen molar-refractivity contribution in [1.29, 1.82) is 0 Å². The van der Waals surface area contributed by atoms with Gasteiger partial charge in [-0.1, -0.05) is 38.1 Å². The van der Waals surface area contributed by atoms with Crippen molar-refractivity contribution in [3.63, 3.8) is 0 Å². The van der Waals surface area contributed by atoms with Crippen LogP contribution in [-0.2, 0) is 0 Å². The van der Waals surface area contributed by atoms with E-state index in [1.807, 2.05) is 12.1 Å². The van der Waals surface area contributed by atoms with Gasteiger partial charge in [0, 0.05) is 0 Å². The molecule has 0 saturated heterocycles. The number of fused-ring (bicyclic) bond motifs is 1. The topological polar surface area (TPSA) is 63.7 Å². The van der Waals surface area contributed by atoms with Crippen LogP contribution in [0, 0.1) is 0 Å². The van der Waals surface area contributed by atoms with Gasteiger partial charge >= 0.3 is 5.97 Å². The van der Waals surface area contributed by atoms with E-state index in [9.17, 15) is 14.4 Å². The minimum Gasteiger partial charge on any atom is -0.423 e. The SMILES string of the molecule is CC(C)c1ccc(C(=O)Oc2ccc(N3C(=O)c4ccccc4C3=O)cc2)cc1. The third-order valence-corrected chi connectivity index (χ3v) is 4.91. The summed E-state index contributed by atoms with van der Waals surface area (Å²) < 4.78 is 5.41. The van der Waals surface area contributed by atoms with Crippen molar-refractivity contribution in [3.05, 3.63) is 95.1 Å². The summed E-state index contributed by atoms with van der Waals surface area (Å²) in [5.74, 6) is -0.465. The Balaban J connectivity index is 1.49. The summed E-state index contributed by atoms with van der Waals surface area (Å²) in [5.41, 5.74) is 2.80. The zero-order chi connectivity index (χ0) is 20.5. The summed E-state index contributed by atoms with van der Waals surface area (Å²) in [6.07, 6.45) is 0. The molecule has 0 aromatic heterocycles. The molecule has 5 heteroatoms. The normalized spacial score (nSPS) is 13.0. The van der Waals surface area contributed by atoms with Crippen LogP contribution in [0.25, 0.3) is 0 Å². The van der Waals surface area contributed by atoms with Gasteiger partial charge in [-0.05, 0) is 60.0 Å². The van der Waals surface area contributed by atoms with E-state index < -0.39 is 5.97 Å². The van der Waals surface area contributed by atoms with Gasteiger partial charge in [0.05, 0.1) is 22.4 Å². The summed E-state index contributed by atoms with van der Waals surface area (Å²) in [5, 5.41) is 0. The van der Waals surface area contributed by atoms with Gasteiger partial charge in [0.15, 0.2) is 0 Å². The Labute approximate surface area is 168 Å². The van der Waals surface area contributed by atoms with Gasteiger partial charge < -0.3 is 4.74 Å². The molecule has 0 aliphatic carbocycles. The number of benzene rings is 3. The molecule has 1 aliphatic rings. The van der Waals surface area contributed by atoms with Gasteiger partial charge in [-0.15, -0.1) is 0 Å². The number of rotatable bonds is 4. The summed E-state index contributed by atoms with van der Waals surface area (Å²) in [7, 11) is 0. The Morgan fingerprint density at radius 1 is 0.793 bits per heavy atom. The third kappa shape index (κ3) is 3.43. The molecule has 0 N–H and O–H groups in total. The van der Waals surface area contributed by atoms with E-state index in [0.717, 1.165) is 10.5 Å². The predicted molar refractivity (Wildman–Crippen MR) is 110 cm³/mol. The van der Waals surface area contributed by atoms with Crippen LogP contribution in [-0.4, -0.2) is 17.8 Å². The van der Waals surface area contributed by atoms with Crippen molar-refractivity contribution >= 4 is 23.5 Å². The predicted octanol–water partition coefficient (Wildman–Crippen LogP) is 4.83. The van der Waals surface area contributed by atoms with Crippen LogP contribution < -0.4 is 9.64 Å². The summed E-state index contributed by atoms with van der Waals surface area (Å²) in [6, 6.07) is 20.3. The monoisotopic (exact) mass is 385 g/mol. The number of nitrogens with zero attached hydrogens (tertiary/aromatic N) is 1. The van der Waals surface area contributed by atoms with Crippen molar-refractivity contribution in [3.8, 4) is 5.75 Å². The fraction of sp³-hybridized carbons (Fsp3) is 0.125. The second kappa shape index (κ2) is 7.36. The molecular formula is C24H19NO4. The lowest BCUT2D eigenvalue weighted by Gasteiger charge is -2.14. The maximum absolute atomic E-state index is 12.6. The minimum absolute atomic E-state index is 0.336. The van der Waals surface area contributed by atoms with Crippen LogP contribution >= 0.6 is 0 Å². The number of amides is 2. The van der Waals surface area contributed by atoms with Gasteiger partial charge in [-0.2, -0.15) is 0 Å². The highest BCUT2D eigenvalue weighted by atomic mass is 16.5. The van der Waals surface area contributed by atoms with Crippen LogP contribution in [0.5, 0.6) is 5.75 Å². The number of hydrogen-bond acceptors (Lipinski definition) is 4. The van der Waals surface area contributed by atoms with Gasteiger partial charge in [0.2, 0.25) is 0 Å². The lowest BCUT2D eigenvalue weighted by Crippen LogP contribution is -2.29. The maximum atomic E-state index is 12.6. The Morgan fingerprint density at radius 3 is 1.86 bits per heavy atom. The molecule has 29 heavy (non-hydrogen) atoms. The number of carbonyl (C=O) groups is 3. The van der Waals surface area contributed by atoms with E-state index in [2.05, 4.69) is 13.8 Å². The highest BCUT2D eigenvalue weighted by Crippen LogP contribution is 2.29. The van der Waals surface area contributed by atoms with Gasteiger partial charge in [0.25, 0.3) is 11.8 Å². The van der Waals surface area contributed by atoms with Crippen molar-refractivity contribution in [1.82, 2.24) is 0 Å². The first-order valence-corrected chi connectivity index (χ1v) is 9.35. The molecule has 0 bridgehead atoms.